The third-order valence-corrected chi connectivity index (χ3v) is 5.67. The Morgan fingerprint density at radius 1 is 1.23 bits per heavy atom. The summed E-state index contributed by atoms with van der Waals surface area (Å²) in [5.74, 6) is -0.0720. The van der Waals surface area contributed by atoms with Crippen LogP contribution in [0.4, 0.5) is 5.69 Å². The number of hydrogen-bond acceptors (Lipinski definition) is 7. The predicted octanol–water partition coefficient (Wildman–Crippen LogP) is 2.91. The van der Waals surface area contributed by atoms with E-state index in [0.29, 0.717) is 43.8 Å². The smallest absolute Gasteiger partial charge is 0.334 e. The van der Waals surface area contributed by atoms with Crippen LogP contribution in [-0.2, 0) is 15.1 Å². The summed E-state index contributed by atoms with van der Waals surface area (Å²) in [5, 5.41) is 22.9. The van der Waals surface area contributed by atoms with Crippen molar-refractivity contribution in [1.29, 1.82) is 0 Å². The second-order valence-corrected chi connectivity index (χ2v) is 7.44. The van der Waals surface area contributed by atoms with Crippen LogP contribution in [0.2, 0.25) is 0 Å². The summed E-state index contributed by atoms with van der Waals surface area (Å²) in [6.07, 6.45) is 4.57. The monoisotopic (exact) mass is 407 g/mol. The van der Waals surface area contributed by atoms with Crippen molar-refractivity contribution in [2.75, 3.05) is 24.6 Å². The maximum atomic E-state index is 12.9. The van der Waals surface area contributed by atoms with Crippen molar-refractivity contribution >= 4 is 11.7 Å². The van der Waals surface area contributed by atoms with Crippen LogP contribution in [0.15, 0.2) is 48.8 Å². The lowest BCUT2D eigenvalue weighted by molar-refractivity contribution is -0.156. The van der Waals surface area contributed by atoms with Gasteiger partial charge in [0.25, 0.3) is 0 Å². The molecular formula is C22H25N5O3. The molecule has 1 saturated heterocycles. The van der Waals surface area contributed by atoms with Gasteiger partial charge >= 0.3 is 5.97 Å². The third kappa shape index (κ3) is 3.49. The molecule has 0 radical (unpaired) electrons. The van der Waals surface area contributed by atoms with Crippen molar-refractivity contribution in [1.82, 2.24) is 20.0 Å². The number of carbonyl (C=O) groups excluding carboxylic acids is 1. The second-order valence-electron chi connectivity index (χ2n) is 7.44. The van der Waals surface area contributed by atoms with E-state index in [-0.39, 0.29) is 11.7 Å². The molecule has 2 aromatic heterocycles. The zero-order valence-electron chi connectivity index (χ0n) is 17.2. The third-order valence-electron chi connectivity index (χ3n) is 5.67. The average Bonchev–Trinajstić information content (AvgIpc) is 3.21. The van der Waals surface area contributed by atoms with Gasteiger partial charge in [-0.15, -0.1) is 0 Å². The molecule has 1 aliphatic heterocycles. The van der Waals surface area contributed by atoms with Gasteiger partial charge in [0.2, 0.25) is 0 Å². The molecule has 0 atom stereocenters. The van der Waals surface area contributed by atoms with Gasteiger partial charge in [0.15, 0.2) is 5.54 Å². The quantitative estimate of drug-likeness (QED) is 0.650. The number of anilines is 1. The number of aromatic hydroxyl groups is 1. The van der Waals surface area contributed by atoms with Gasteiger partial charge in [0.05, 0.1) is 24.2 Å². The van der Waals surface area contributed by atoms with E-state index in [2.05, 4.69) is 20.2 Å². The molecule has 0 spiro atoms. The Kier molecular flexibility index (Phi) is 5.39. The number of rotatable bonds is 5. The number of aryl methyl sites for hydroxylation is 1. The molecule has 4 rings (SSSR count). The fraction of sp³-hybridized carbons (Fsp3) is 0.364. The van der Waals surface area contributed by atoms with Crippen molar-refractivity contribution in [3.05, 3.63) is 54.5 Å². The van der Waals surface area contributed by atoms with Gasteiger partial charge in [0, 0.05) is 43.4 Å². The summed E-state index contributed by atoms with van der Waals surface area (Å²) < 4.78 is 7.23. The van der Waals surface area contributed by atoms with Crippen molar-refractivity contribution < 1.29 is 14.6 Å². The molecule has 0 saturated carbocycles. The zero-order valence-corrected chi connectivity index (χ0v) is 17.2. The molecule has 3 aromatic rings. The lowest BCUT2D eigenvalue weighted by Gasteiger charge is -2.41. The van der Waals surface area contributed by atoms with Crippen LogP contribution in [0, 0.1) is 6.92 Å². The minimum atomic E-state index is -0.804. The molecule has 1 aliphatic rings. The lowest BCUT2D eigenvalue weighted by Crippen LogP contribution is -2.52. The molecule has 0 bridgehead atoms. The average molecular weight is 407 g/mol. The van der Waals surface area contributed by atoms with Gasteiger partial charge in [-0.3, -0.25) is 4.68 Å². The first-order valence-electron chi connectivity index (χ1n) is 10.1. The van der Waals surface area contributed by atoms with Gasteiger partial charge in [-0.2, -0.15) is 15.3 Å². The summed E-state index contributed by atoms with van der Waals surface area (Å²) in [7, 11) is 0. The Hall–Kier alpha value is -3.42. The van der Waals surface area contributed by atoms with Crippen LogP contribution in [-0.4, -0.2) is 50.8 Å². The minimum absolute atomic E-state index is 0.165. The van der Waals surface area contributed by atoms with Gasteiger partial charge < -0.3 is 14.7 Å². The first kappa shape index (κ1) is 19.9. The Labute approximate surface area is 175 Å². The fourth-order valence-corrected chi connectivity index (χ4v) is 4.07. The number of piperidine rings is 1. The maximum absolute atomic E-state index is 12.9. The Morgan fingerprint density at radius 3 is 2.67 bits per heavy atom. The number of phenolic OH excluding ortho intramolecular Hbond substituents is 1. The highest BCUT2D eigenvalue weighted by Gasteiger charge is 2.46. The molecule has 0 unspecified atom stereocenters. The summed E-state index contributed by atoms with van der Waals surface area (Å²) in [5.41, 5.74) is 2.27. The molecule has 0 aliphatic carbocycles. The number of esters is 1. The second kappa shape index (κ2) is 8.14. The van der Waals surface area contributed by atoms with Crippen LogP contribution < -0.4 is 4.90 Å². The van der Waals surface area contributed by atoms with Gasteiger partial charge in [-0.05, 0) is 38.1 Å². The summed E-state index contributed by atoms with van der Waals surface area (Å²) in [4.78, 5) is 15.1. The number of nitrogens with zero attached hydrogens (tertiary/aromatic N) is 5. The van der Waals surface area contributed by atoms with Crippen LogP contribution in [0.3, 0.4) is 0 Å². The number of ether oxygens (including phenoxy) is 1. The SMILES string of the molecule is CCOC(=O)C1(n2nccc2C)CCN(c2cnnc(-c3ccccc3O)c2)CC1. The highest BCUT2D eigenvalue weighted by Crippen LogP contribution is 2.35. The van der Waals surface area contributed by atoms with Gasteiger partial charge in [0.1, 0.15) is 5.75 Å². The minimum Gasteiger partial charge on any atom is -0.507 e. The molecule has 1 fully saturated rings. The van der Waals surface area contributed by atoms with E-state index in [1.54, 1.807) is 29.2 Å². The van der Waals surface area contributed by atoms with E-state index < -0.39 is 5.54 Å². The Bertz CT molecular complexity index is 1040. The standard InChI is InChI=1S/C22H25N5O3/c1-3-30-21(29)22(27-16(2)8-11-24-27)9-12-26(13-10-22)17-14-19(25-23-15-17)18-6-4-5-7-20(18)28/h4-8,11,14-15,28H,3,9-10,12-13H2,1-2H3. The van der Waals surface area contributed by atoms with Crippen molar-refractivity contribution in [2.24, 2.45) is 0 Å². The Balaban J connectivity index is 1.59. The topological polar surface area (TPSA) is 93.4 Å². The van der Waals surface area contributed by atoms with Crippen LogP contribution >= 0.6 is 0 Å². The summed E-state index contributed by atoms with van der Waals surface area (Å²) in [6, 6.07) is 10.9. The summed E-state index contributed by atoms with van der Waals surface area (Å²) >= 11 is 0. The number of carbonyl (C=O) groups is 1. The highest BCUT2D eigenvalue weighted by molar-refractivity contribution is 5.79. The van der Waals surface area contributed by atoms with E-state index >= 15 is 0 Å². The lowest BCUT2D eigenvalue weighted by atomic mass is 9.87. The number of aromatic nitrogens is 4. The van der Waals surface area contributed by atoms with Crippen LogP contribution in [0.1, 0.15) is 25.5 Å². The fourth-order valence-electron chi connectivity index (χ4n) is 4.07. The number of phenols is 1. The van der Waals surface area contributed by atoms with E-state index in [9.17, 15) is 9.90 Å². The van der Waals surface area contributed by atoms with E-state index in [1.165, 1.54) is 0 Å². The first-order valence-corrected chi connectivity index (χ1v) is 10.1. The van der Waals surface area contributed by atoms with Crippen molar-refractivity contribution in [3.8, 4) is 17.0 Å². The van der Waals surface area contributed by atoms with Gasteiger partial charge in [-0.1, -0.05) is 12.1 Å². The number of para-hydroxylation sites is 1. The van der Waals surface area contributed by atoms with Crippen molar-refractivity contribution in [3.63, 3.8) is 0 Å². The predicted molar refractivity (Wildman–Crippen MR) is 112 cm³/mol. The molecule has 0 amide bonds. The normalized spacial score (nSPS) is 15.7. The van der Waals surface area contributed by atoms with E-state index in [1.807, 2.05) is 38.1 Å². The molecule has 156 valence electrons. The van der Waals surface area contributed by atoms with Gasteiger partial charge in [-0.25, -0.2) is 4.79 Å². The van der Waals surface area contributed by atoms with Crippen LogP contribution in [0.5, 0.6) is 5.75 Å². The first-order chi connectivity index (χ1) is 14.5. The number of benzene rings is 1. The molecule has 1 aromatic carbocycles. The summed E-state index contributed by atoms with van der Waals surface area (Å²) in [6.45, 7) is 5.39. The van der Waals surface area contributed by atoms with E-state index in [0.717, 1.165) is 11.4 Å². The molecule has 1 N–H and O–H groups in total. The highest BCUT2D eigenvalue weighted by atomic mass is 16.5. The van der Waals surface area contributed by atoms with Crippen molar-refractivity contribution in [2.45, 2.75) is 32.2 Å². The molecule has 8 heteroatoms. The largest absolute Gasteiger partial charge is 0.507 e. The molecular weight excluding hydrogens is 382 g/mol. The maximum Gasteiger partial charge on any atom is 0.334 e. The molecule has 30 heavy (non-hydrogen) atoms. The molecule has 3 heterocycles. The van der Waals surface area contributed by atoms with E-state index in [4.69, 9.17) is 4.74 Å². The zero-order chi connectivity index (χ0) is 21.1. The Morgan fingerprint density at radius 2 is 2.00 bits per heavy atom. The van der Waals surface area contributed by atoms with Crippen LogP contribution in [0.25, 0.3) is 11.3 Å². The number of hydrogen-bond donors (Lipinski definition) is 1. The molecule has 8 nitrogen and oxygen atoms in total.